The van der Waals surface area contributed by atoms with Crippen molar-refractivity contribution in [3.05, 3.63) is 12.7 Å². The van der Waals surface area contributed by atoms with E-state index in [0.717, 1.165) is 0 Å². The molecule has 0 aromatic heterocycles. The van der Waals surface area contributed by atoms with Crippen LogP contribution in [0.25, 0.3) is 0 Å². The van der Waals surface area contributed by atoms with Crippen LogP contribution >= 0.6 is 0 Å². The Kier molecular flexibility index (Phi) is 3.43. The van der Waals surface area contributed by atoms with Gasteiger partial charge in [0, 0.05) is 6.42 Å². The Labute approximate surface area is 48.4 Å². The molecule has 0 saturated heterocycles. The predicted octanol–water partition coefficient (Wildman–Crippen LogP) is -0.800. The van der Waals surface area contributed by atoms with Crippen molar-refractivity contribution < 1.29 is 10.2 Å². The van der Waals surface area contributed by atoms with E-state index in [1.807, 2.05) is 0 Å². The highest BCUT2D eigenvalue weighted by molar-refractivity contribution is 4.78. The van der Waals surface area contributed by atoms with Gasteiger partial charge in [0.05, 0.1) is 6.10 Å². The Morgan fingerprint density at radius 2 is 2.12 bits per heavy atom. The molecule has 0 aliphatic carbocycles. The van der Waals surface area contributed by atoms with Crippen LogP contribution in [-0.2, 0) is 0 Å². The fraction of sp³-hybridized carbons (Fsp3) is 0.600. The number of aliphatic hydroxyl groups excluding tert-OH is 2. The summed E-state index contributed by atoms with van der Waals surface area (Å²) in [6, 6.07) is 0. The standard InChI is InChI=1S/C5H11NO2/c1-2-4(7)3-5(6)8/h2,4-5,7-8H,1,3,6H2. The predicted molar refractivity (Wildman–Crippen MR) is 31.0 cm³/mol. The van der Waals surface area contributed by atoms with Crippen LogP contribution in [0.1, 0.15) is 6.42 Å². The van der Waals surface area contributed by atoms with E-state index >= 15 is 0 Å². The molecule has 2 atom stereocenters. The average Bonchev–Trinajstić information content (AvgIpc) is 1.65. The van der Waals surface area contributed by atoms with E-state index in [-0.39, 0.29) is 6.42 Å². The van der Waals surface area contributed by atoms with E-state index in [0.29, 0.717) is 0 Å². The van der Waals surface area contributed by atoms with Crippen LogP contribution in [0.4, 0.5) is 0 Å². The van der Waals surface area contributed by atoms with Gasteiger partial charge in [-0.3, -0.25) is 0 Å². The summed E-state index contributed by atoms with van der Waals surface area (Å²) in [4.78, 5) is 0. The molecule has 0 rings (SSSR count). The Morgan fingerprint density at radius 1 is 1.62 bits per heavy atom. The third kappa shape index (κ3) is 3.80. The van der Waals surface area contributed by atoms with Crippen LogP contribution in [0.5, 0.6) is 0 Å². The Hall–Kier alpha value is -0.380. The van der Waals surface area contributed by atoms with Crippen molar-refractivity contribution in [2.75, 3.05) is 0 Å². The van der Waals surface area contributed by atoms with E-state index in [2.05, 4.69) is 6.58 Å². The highest BCUT2D eigenvalue weighted by atomic mass is 16.3. The zero-order valence-electron chi connectivity index (χ0n) is 4.62. The van der Waals surface area contributed by atoms with Gasteiger partial charge in [0.1, 0.15) is 6.23 Å². The zero-order chi connectivity index (χ0) is 6.57. The van der Waals surface area contributed by atoms with E-state index < -0.39 is 12.3 Å². The lowest BCUT2D eigenvalue weighted by Crippen LogP contribution is -2.24. The lowest BCUT2D eigenvalue weighted by molar-refractivity contribution is 0.109. The van der Waals surface area contributed by atoms with Crippen molar-refractivity contribution in [2.24, 2.45) is 5.73 Å². The number of nitrogens with two attached hydrogens (primary N) is 1. The van der Waals surface area contributed by atoms with Gasteiger partial charge in [0.25, 0.3) is 0 Å². The highest BCUT2D eigenvalue weighted by Crippen LogP contribution is 1.92. The summed E-state index contributed by atoms with van der Waals surface area (Å²) < 4.78 is 0. The van der Waals surface area contributed by atoms with Crippen molar-refractivity contribution >= 4 is 0 Å². The van der Waals surface area contributed by atoms with Crippen molar-refractivity contribution in [1.29, 1.82) is 0 Å². The molecule has 0 spiro atoms. The van der Waals surface area contributed by atoms with Crippen LogP contribution < -0.4 is 5.73 Å². The average molecular weight is 117 g/mol. The fourth-order valence-corrected chi connectivity index (χ4v) is 0.344. The fourth-order valence-electron chi connectivity index (χ4n) is 0.344. The summed E-state index contributed by atoms with van der Waals surface area (Å²) in [6.45, 7) is 3.30. The third-order valence-corrected chi connectivity index (χ3v) is 0.755. The molecule has 4 N–H and O–H groups in total. The first-order valence-electron chi connectivity index (χ1n) is 2.41. The van der Waals surface area contributed by atoms with Gasteiger partial charge in [-0.15, -0.1) is 6.58 Å². The minimum absolute atomic E-state index is 0.156. The van der Waals surface area contributed by atoms with Gasteiger partial charge in [0.15, 0.2) is 0 Å². The van der Waals surface area contributed by atoms with Crippen LogP contribution in [0.2, 0.25) is 0 Å². The van der Waals surface area contributed by atoms with Crippen LogP contribution in [0.15, 0.2) is 12.7 Å². The molecule has 0 aliphatic heterocycles. The third-order valence-electron chi connectivity index (χ3n) is 0.755. The number of rotatable bonds is 3. The normalized spacial score (nSPS) is 17.4. The first kappa shape index (κ1) is 7.62. The van der Waals surface area contributed by atoms with Gasteiger partial charge < -0.3 is 15.9 Å². The molecule has 0 aromatic carbocycles. The lowest BCUT2D eigenvalue weighted by atomic mass is 10.2. The lowest BCUT2D eigenvalue weighted by Gasteiger charge is -2.05. The Bertz CT molecular complexity index is 72.8. The van der Waals surface area contributed by atoms with Gasteiger partial charge >= 0.3 is 0 Å². The Balaban J connectivity index is 3.23. The van der Waals surface area contributed by atoms with Crippen molar-refractivity contribution in [1.82, 2.24) is 0 Å². The van der Waals surface area contributed by atoms with Crippen molar-refractivity contribution in [3.8, 4) is 0 Å². The topological polar surface area (TPSA) is 66.5 Å². The summed E-state index contributed by atoms with van der Waals surface area (Å²) in [6.07, 6.45) is -0.141. The molecular weight excluding hydrogens is 106 g/mol. The van der Waals surface area contributed by atoms with E-state index in [4.69, 9.17) is 15.9 Å². The summed E-state index contributed by atoms with van der Waals surface area (Å²) in [7, 11) is 0. The number of hydrogen-bond acceptors (Lipinski definition) is 3. The number of aliphatic hydroxyl groups is 2. The van der Waals surface area contributed by atoms with Gasteiger partial charge in [-0.1, -0.05) is 6.08 Å². The van der Waals surface area contributed by atoms with E-state index in [1.54, 1.807) is 0 Å². The molecule has 8 heavy (non-hydrogen) atoms. The molecule has 0 fully saturated rings. The first-order valence-corrected chi connectivity index (χ1v) is 2.41. The van der Waals surface area contributed by atoms with Crippen LogP contribution in [0, 0.1) is 0 Å². The molecular formula is C5H11NO2. The summed E-state index contributed by atoms with van der Waals surface area (Å²) in [5.41, 5.74) is 4.92. The second kappa shape index (κ2) is 3.60. The van der Waals surface area contributed by atoms with Gasteiger partial charge in [-0.25, -0.2) is 0 Å². The van der Waals surface area contributed by atoms with Gasteiger partial charge in [-0.05, 0) is 0 Å². The Morgan fingerprint density at radius 3 is 2.25 bits per heavy atom. The zero-order valence-corrected chi connectivity index (χ0v) is 4.62. The molecule has 3 heteroatoms. The summed E-state index contributed by atoms with van der Waals surface area (Å²) in [5, 5.41) is 17.1. The van der Waals surface area contributed by atoms with E-state index in [1.165, 1.54) is 6.08 Å². The van der Waals surface area contributed by atoms with Crippen LogP contribution in [0.3, 0.4) is 0 Å². The molecule has 0 heterocycles. The van der Waals surface area contributed by atoms with E-state index in [9.17, 15) is 0 Å². The monoisotopic (exact) mass is 117 g/mol. The molecule has 2 unspecified atom stereocenters. The SMILES string of the molecule is C=CC(O)CC(N)O. The highest BCUT2D eigenvalue weighted by Gasteiger charge is 2.01. The van der Waals surface area contributed by atoms with Crippen molar-refractivity contribution in [3.63, 3.8) is 0 Å². The van der Waals surface area contributed by atoms with Crippen LogP contribution in [-0.4, -0.2) is 22.5 Å². The largest absolute Gasteiger partial charge is 0.389 e. The first-order chi connectivity index (χ1) is 3.66. The molecule has 0 aliphatic rings. The maximum Gasteiger partial charge on any atom is 0.105 e. The molecule has 0 amide bonds. The quantitative estimate of drug-likeness (QED) is 0.335. The molecule has 0 aromatic rings. The molecule has 48 valence electrons. The minimum Gasteiger partial charge on any atom is -0.389 e. The molecule has 0 saturated carbocycles. The maximum atomic E-state index is 8.67. The number of hydrogen-bond donors (Lipinski definition) is 3. The van der Waals surface area contributed by atoms with Gasteiger partial charge in [0.2, 0.25) is 0 Å². The molecule has 0 bridgehead atoms. The van der Waals surface area contributed by atoms with Crippen molar-refractivity contribution in [2.45, 2.75) is 18.8 Å². The molecule has 0 radical (unpaired) electrons. The second-order valence-corrected chi connectivity index (χ2v) is 1.61. The summed E-state index contributed by atoms with van der Waals surface area (Å²) in [5.74, 6) is 0. The summed E-state index contributed by atoms with van der Waals surface area (Å²) >= 11 is 0. The smallest absolute Gasteiger partial charge is 0.105 e. The minimum atomic E-state index is -0.942. The van der Waals surface area contributed by atoms with Gasteiger partial charge in [-0.2, -0.15) is 0 Å². The second-order valence-electron chi connectivity index (χ2n) is 1.61. The molecule has 3 nitrogen and oxygen atoms in total. The maximum absolute atomic E-state index is 8.67.